The first-order chi connectivity index (χ1) is 7.24. The molecule has 0 bridgehead atoms. The SMILES string of the molecule is O=C(O)c1cc2cc(C3CC3)ccc2s1. The number of hydrogen-bond donors (Lipinski definition) is 1. The van der Waals surface area contributed by atoms with Crippen molar-refractivity contribution in [1.82, 2.24) is 0 Å². The Morgan fingerprint density at radius 2 is 2.13 bits per heavy atom. The highest BCUT2D eigenvalue weighted by molar-refractivity contribution is 7.20. The van der Waals surface area contributed by atoms with Gasteiger partial charge in [-0.15, -0.1) is 11.3 Å². The Balaban J connectivity index is 2.13. The Bertz CT molecular complexity index is 538. The molecular weight excluding hydrogens is 208 g/mol. The highest BCUT2D eigenvalue weighted by atomic mass is 32.1. The molecule has 1 N–H and O–H groups in total. The van der Waals surface area contributed by atoms with Gasteiger partial charge in [-0.05, 0) is 41.8 Å². The summed E-state index contributed by atoms with van der Waals surface area (Å²) in [5.74, 6) is -0.105. The standard InChI is InChI=1S/C12H10O2S/c13-12(14)11-6-9-5-8(7-1-2-7)3-4-10(9)15-11/h3-7H,1-2H2,(H,13,14). The van der Waals surface area contributed by atoms with E-state index in [2.05, 4.69) is 12.1 Å². The van der Waals surface area contributed by atoms with Gasteiger partial charge in [-0.2, -0.15) is 0 Å². The summed E-state index contributed by atoms with van der Waals surface area (Å²) in [5.41, 5.74) is 1.36. The van der Waals surface area contributed by atoms with Crippen LogP contribution in [-0.2, 0) is 0 Å². The fraction of sp³-hybridized carbons (Fsp3) is 0.250. The minimum Gasteiger partial charge on any atom is -0.477 e. The topological polar surface area (TPSA) is 37.3 Å². The number of fused-ring (bicyclic) bond motifs is 1. The van der Waals surface area contributed by atoms with Crippen molar-refractivity contribution < 1.29 is 9.90 Å². The number of aromatic carboxylic acids is 1. The van der Waals surface area contributed by atoms with Crippen LogP contribution in [0, 0.1) is 0 Å². The van der Waals surface area contributed by atoms with E-state index in [4.69, 9.17) is 5.11 Å². The third-order valence-electron chi connectivity index (χ3n) is 2.80. The van der Waals surface area contributed by atoms with Gasteiger partial charge in [0.1, 0.15) is 4.88 Å². The van der Waals surface area contributed by atoms with Crippen LogP contribution in [0.5, 0.6) is 0 Å². The van der Waals surface area contributed by atoms with Gasteiger partial charge in [-0.25, -0.2) is 4.79 Å². The zero-order valence-electron chi connectivity index (χ0n) is 8.06. The quantitative estimate of drug-likeness (QED) is 0.837. The summed E-state index contributed by atoms with van der Waals surface area (Å²) in [7, 11) is 0. The molecule has 1 aromatic carbocycles. The van der Waals surface area contributed by atoms with E-state index >= 15 is 0 Å². The Labute approximate surface area is 91.2 Å². The van der Waals surface area contributed by atoms with Crippen molar-refractivity contribution in [2.45, 2.75) is 18.8 Å². The molecule has 1 aromatic heterocycles. The predicted octanol–water partition coefficient (Wildman–Crippen LogP) is 3.48. The number of carbonyl (C=O) groups is 1. The Morgan fingerprint density at radius 1 is 1.33 bits per heavy atom. The first-order valence-electron chi connectivity index (χ1n) is 5.01. The lowest BCUT2D eigenvalue weighted by Crippen LogP contribution is -1.89. The molecule has 3 heteroatoms. The van der Waals surface area contributed by atoms with E-state index in [-0.39, 0.29) is 0 Å². The van der Waals surface area contributed by atoms with Crippen molar-refractivity contribution in [2.24, 2.45) is 0 Å². The van der Waals surface area contributed by atoms with Crippen LogP contribution >= 0.6 is 11.3 Å². The Kier molecular flexibility index (Phi) is 1.83. The second-order valence-electron chi connectivity index (χ2n) is 3.99. The fourth-order valence-electron chi connectivity index (χ4n) is 1.84. The van der Waals surface area contributed by atoms with Gasteiger partial charge >= 0.3 is 5.97 Å². The summed E-state index contributed by atoms with van der Waals surface area (Å²) in [6, 6.07) is 8.08. The van der Waals surface area contributed by atoms with Crippen LogP contribution in [0.3, 0.4) is 0 Å². The third-order valence-corrected chi connectivity index (χ3v) is 3.90. The molecule has 2 aromatic rings. The van der Waals surface area contributed by atoms with Gasteiger partial charge in [-0.1, -0.05) is 12.1 Å². The lowest BCUT2D eigenvalue weighted by Gasteiger charge is -1.96. The molecule has 2 nitrogen and oxygen atoms in total. The Morgan fingerprint density at radius 3 is 2.80 bits per heavy atom. The first-order valence-corrected chi connectivity index (χ1v) is 5.82. The van der Waals surface area contributed by atoms with Crippen molar-refractivity contribution in [3.8, 4) is 0 Å². The van der Waals surface area contributed by atoms with Crippen LogP contribution in [0.15, 0.2) is 24.3 Å². The molecule has 3 rings (SSSR count). The van der Waals surface area contributed by atoms with Crippen LogP contribution in [-0.4, -0.2) is 11.1 Å². The summed E-state index contributed by atoms with van der Waals surface area (Å²) in [6.07, 6.45) is 2.56. The number of benzene rings is 1. The molecular formula is C12H10O2S. The largest absolute Gasteiger partial charge is 0.477 e. The third kappa shape index (κ3) is 1.53. The maximum absolute atomic E-state index is 10.8. The lowest BCUT2D eigenvalue weighted by molar-refractivity contribution is 0.0702. The van der Waals surface area contributed by atoms with E-state index in [0.29, 0.717) is 4.88 Å². The molecule has 1 saturated carbocycles. The van der Waals surface area contributed by atoms with Gasteiger partial charge in [0.2, 0.25) is 0 Å². The number of hydrogen-bond acceptors (Lipinski definition) is 2. The summed E-state index contributed by atoms with van der Waals surface area (Å²) >= 11 is 1.35. The molecule has 1 aliphatic carbocycles. The van der Waals surface area contributed by atoms with Gasteiger partial charge in [0.05, 0.1) is 0 Å². The smallest absolute Gasteiger partial charge is 0.345 e. The van der Waals surface area contributed by atoms with Crippen molar-refractivity contribution >= 4 is 27.4 Å². The van der Waals surface area contributed by atoms with Crippen molar-refractivity contribution in [2.75, 3.05) is 0 Å². The van der Waals surface area contributed by atoms with Crippen LogP contribution in [0.4, 0.5) is 0 Å². The van der Waals surface area contributed by atoms with Crippen molar-refractivity contribution in [1.29, 1.82) is 0 Å². The monoisotopic (exact) mass is 218 g/mol. The van der Waals surface area contributed by atoms with Gasteiger partial charge in [0.15, 0.2) is 0 Å². The summed E-state index contributed by atoms with van der Waals surface area (Å²) in [4.78, 5) is 11.2. The van der Waals surface area contributed by atoms with Gasteiger partial charge in [0, 0.05) is 4.70 Å². The minimum atomic E-state index is -0.829. The molecule has 1 heterocycles. The maximum atomic E-state index is 10.8. The second kappa shape index (κ2) is 3.07. The molecule has 0 aliphatic heterocycles. The molecule has 0 radical (unpaired) electrons. The average molecular weight is 218 g/mol. The van der Waals surface area contributed by atoms with Crippen LogP contribution < -0.4 is 0 Å². The molecule has 1 aliphatic rings. The normalized spacial score (nSPS) is 15.7. The van der Waals surface area contributed by atoms with Crippen molar-refractivity contribution in [3.05, 3.63) is 34.7 Å². The number of rotatable bonds is 2. The minimum absolute atomic E-state index is 0.429. The van der Waals surface area contributed by atoms with Crippen LogP contribution in [0.25, 0.3) is 10.1 Å². The summed E-state index contributed by atoms with van der Waals surface area (Å²) in [5, 5.41) is 9.96. The van der Waals surface area contributed by atoms with E-state index in [9.17, 15) is 4.79 Å². The van der Waals surface area contributed by atoms with Crippen LogP contribution in [0.2, 0.25) is 0 Å². The van der Waals surface area contributed by atoms with Crippen LogP contribution in [0.1, 0.15) is 34.0 Å². The average Bonchev–Trinajstić information content (AvgIpc) is 2.96. The predicted molar refractivity (Wildman–Crippen MR) is 60.8 cm³/mol. The van der Waals surface area contributed by atoms with Gasteiger partial charge < -0.3 is 5.11 Å². The van der Waals surface area contributed by atoms with E-state index in [0.717, 1.165) is 16.0 Å². The molecule has 76 valence electrons. The summed E-state index contributed by atoms with van der Waals surface area (Å²) < 4.78 is 1.07. The molecule has 0 spiro atoms. The van der Waals surface area contributed by atoms with Gasteiger partial charge in [0.25, 0.3) is 0 Å². The van der Waals surface area contributed by atoms with E-state index in [1.165, 1.54) is 29.7 Å². The van der Waals surface area contributed by atoms with E-state index in [1.54, 1.807) is 6.07 Å². The molecule has 15 heavy (non-hydrogen) atoms. The summed E-state index contributed by atoms with van der Waals surface area (Å²) in [6.45, 7) is 0. The second-order valence-corrected chi connectivity index (χ2v) is 5.07. The molecule has 0 saturated heterocycles. The van der Waals surface area contributed by atoms with Crippen molar-refractivity contribution in [3.63, 3.8) is 0 Å². The first kappa shape index (κ1) is 8.92. The Hall–Kier alpha value is -1.35. The highest BCUT2D eigenvalue weighted by Crippen LogP contribution is 2.41. The molecule has 1 fully saturated rings. The fourth-order valence-corrected chi connectivity index (χ4v) is 2.72. The number of carboxylic acid groups (broad SMARTS) is 1. The number of carboxylic acids is 1. The van der Waals surface area contributed by atoms with E-state index in [1.807, 2.05) is 6.07 Å². The maximum Gasteiger partial charge on any atom is 0.345 e. The zero-order valence-corrected chi connectivity index (χ0v) is 8.88. The van der Waals surface area contributed by atoms with Gasteiger partial charge in [-0.3, -0.25) is 0 Å². The molecule has 0 atom stereocenters. The molecule has 0 unspecified atom stereocenters. The lowest BCUT2D eigenvalue weighted by atomic mass is 10.1. The zero-order chi connectivity index (χ0) is 10.4. The number of thiophene rings is 1. The van der Waals surface area contributed by atoms with E-state index < -0.39 is 5.97 Å². The highest BCUT2D eigenvalue weighted by Gasteiger charge is 2.23. The molecule has 0 amide bonds.